The third kappa shape index (κ3) is 3.04. The standard InChI is InChI=1S/C12H17F3O3/c1-3-9(16)18-10(8-6-4-5-7-8)11(2,17)12(13,14)15/h3,8,10,17H,1,4-7H2,2H3. The molecule has 1 aliphatic rings. The average molecular weight is 266 g/mol. The molecule has 1 rings (SSSR count). The second-order valence-corrected chi connectivity index (χ2v) is 4.75. The Morgan fingerprint density at radius 2 is 1.94 bits per heavy atom. The first-order valence-electron chi connectivity index (χ1n) is 5.82. The van der Waals surface area contributed by atoms with Gasteiger partial charge >= 0.3 is 12.1 Å². The zero-order chi connectivity index (χ0) is 14.0. The minimum absolute atomic E-state index is 0.467. The van der Waals surface area contributed by atoms with Gasteiger partial charge in [-0.1, -0.05) is 19.4 Å². The van der Waals surface area contributed by atoms with Crippen LogP contribution in [0.1, 0.15) is 32.6 Å². The van der Waals surface area contributed by atoms with Crippen molar-refractivity contribution < 1.29 is 27.8 Å². The van der Waals surface area contributed by atoms with Crippen molar-refractivity contribution in [2.24, 2.45) is 5.92 Å². The van der Waals surface area contributed by atoms with Crippen molar-refractivity contribution in [2.75, 3.05) is 0 Å². The highest BCUT2D eigenvalue weighted by Gasteiger charge is 2.58. The second-order valence-electron chi connectivity index (χ2n) is 4.75. The second kappa shape index (κ2) is 5.30. The van der Waals surface area contributed by atoms with Crippen LogP contribution in [0.3, 0.4) is 0 Å². The number of ether oxygens (including phenoxy) is 1. The lowest BCUT2D eigenvalue weighted by molar-refractivity contribution is -0.291. The molecule has 0 heterocycles. The SMILES string of the molecule is C=CC(=O)OC(C1CCCC1)C(C)(O)C(F)(F)F. The monoisotopic (exact) mass is 266 g/mol. The number of hydrogen-bond donors (Lipinski definition) is 1. The van der Waals surface area contributed by atoms with Crippen LogP contribution in [-0.4, -0.2) is 29.0 Å². The molecule has 2 atom stereocenters. The molecule has 0 radical (unpaired) electrons. The third-order valence-corrected chi connectivity index (χ3v) is 3.37. The van der Waals surface area contributed by atoms with E-state index in [9.17, 15) is 23.1 Å². The molecule has 0 bridgehead atoms. The first kappa shape index (κ1) is 15.0. The summed E-state index contributed by atoms with van der Waals surface area (Å²) < 4.78 is 43.2. The molecule has 1 N–H and O–H groups in total. The minimum atomic E-state index is -4.85. The molecule has 0 spiro atoms. The molecule has 0 aliphatic heterocycles. The van der Waals surface area contributed by atoms with Gasteiger partial charge in [0.25, 0.3) is 0 Å². The van der Waals surface area contributed by atoms with Crippen LogP contribution < -0.4 is 0 Å². The average Bonchev–Trinajstić information content (AvgIpc) is 2.76. The molecular formula is C12H17F3O3. The Morgan fingerprint density at radius 1 is 1.44 bits per heavy atom. The molecule has 0 aromatic rings. The van der Waals surface area contributed by atoms with E-state index < -0.39 is 29.8 Å². The van der Waals surface area contributed by atoms with Crippen LogP contribution in [0.25, 0.3) is 0 Å². The van der Waals surface area contributed by atoms with Gasteiger partial charge in [-0.05, 0) is 25.7 Å². The Kier molecular flexibility index (Phi) is 4.42. The molecular weight excluding hydrogens is 249 g/mol. The van der Waals surface area contributed by atoms with Crippen LogP contribution >= 0.6 is 0 Å². The van der Waals surface area contributed by atoms with Gasteiger partial charge in [-0.3, -0.25) is 0 Å². The van der Waals surface area contributed by atoms with Gasteiger partial charge in [0.1, 0.15) is 6.10 Å². The summed E-state index contributed by atoms with van der Waals surface area (Å²) in [6.45, 7) is 3.79. The van der Waals surface area contributed by atoms with Crippen LogP contribution in [0.5, 0.6) is 0 Å². The van der Waals surface area contributed by atoms with E-state index in [1.807, 2.05) is 0 Å². The van der Waals surface area contributed by atoms with Crippen LogP contribution in [0.15, 0.2) is 12.7 Å². The summed E-state index contributed by atoms with van der Waals surface area (Å²) in [4.78, 5) is 11.1. The van der Waals surface area contributed by atoms with Gasteiger partial charge in [0.05, 0.1) is 0 Å². The molecule has 1 saturated carbocycles. The molecule has 0 saturated heterocycles. The Morgan fingerprint density at radius 3 is 2.33 bits per heavy atom. The van der Waals surface area contributed by atoms with Gasteiger partial charge in [-0.15, -0.1) is 0 Å². The van der Waals surface area contributed by atoms with E-state index in [4.69, 9.17) is 4.74 Å². The van der Waals surface area contributed by atoms with E-state index in [-0.39, 0.29) is 0 Å². The summed E-state index contributed by atoms with van der Waals surface area (Å²) >= 11 is 0. The molecule has 3 nitrogen and oxygen atoms in total. The lowest BCUT2D eigenvalue weighted by Crippen LogP contribution is -2.56. The number of esters is 1. The first-order valence-corrected chi connectivity index (χ1v) is 5.82. The van der Waals surface area contributed by atoms with Crippen molar-refractivity contribution in [3.8, 4) is 0 Å². The number of rotatable bonds is 4. The van der Waals surface area contributed by atoms with Crippen molar-refractivity contribution in [3.05, 3.63) is 12.7 Å². The maximum Gasteiger partial charge on any atom is 0.420 e. The number of carbonyl (C=O) groups is 1. The predicted molar refractivity (Wildman–Crippen MR) is 58.7 cm³/mol. The van der Waals surface area contributed by atoms with E-state index in [0.717, 1.165) is 18.9 Å². The lowest BCUT2D eigenvalue weighted by Gasteiger charge is -2.37. The molecule has 2 unspecified atom stereocenters. The summed E-state index contributed by atoms with van der Waals surface area (Å²) in [5.74, 6) is -1.41. The Bertz CT molecular complexity index is 317. The molecule has 6 heteroatoms. The van der Waals surface area contributed by atoms with Gasteiger partial charge in [-0.25, -0.2) is 4.79 Å². The number of aliphatic hydroxyl groups is 1. The fourth-order valence-corrected chi connectivity index (χ4v) is 2.26. The van der Waals surface area contributed by atoms with E-state index in [0.29, 0.717) is 19.8 Å². The van der Waals surface area contributed by atoms with E-state index in [1.54, 1.807) is 0 Å². The minimum Gasteiger partial charge on any atom is -0.455 e. The molecule has 18 heavy (non-hydrogen) atoms. The van der Waals surface area contributed by atoms with Gasteiger partial charge in [0.2, 0.25) is 0 Å². The Hall–Kier alpha value is -1.04. The smallest absolute Gasteiger partial charge is 0.420 e. The van der Waals surface area contributed by atoms with E-state index in [2.05, 4.69) is 6.58 Å². The normalized spacial score (nSPS) is 22.3. The highest BCUT2D eigenvalue weighted by Crippen LogP contribution is 2.41. The fourth-order valence-electron chi connectivity index (χ4n) is 2.26. The van der Waals surface area contributed by atoms with Gasteiger partial charge in [0, 0.05) is 6.08 Å². The van der Waals surface area contributed by atoms with Crippen LogP contribution in [0.2, 0.25) is 0 Å². The van der Waals surface area contributed by atoms with E-state index >= 15 is 0 Å². The molecule has 0 aromatic carbocycles. The fraction of sp³-hybridized carbons (Fsp3) is 0.750. The predicted octanol–water partition coefficient (Wildman–Crippen LogP) is 2.59. The van der Waals surface area contributed by atoms with Gasteiger partial charge < -0.3 is 9.84 Å². The summed E-state index contributed by atoms with van der Waals surface area (Å²) in [5.41, 5.74) is -3.04. The maximum absolute atomic E-state index is 12.8. The summed E-state index contributed by atoms with van der Waals surface area (Å²) in [7, 11) is 0. The molecule has 1 fully saturated rings. The topological polar surface area (TPSA) is 46.5 Å². The Balaban J connectivity index is 2.95. The molecule has 0 aromatic heterocycles. The van der Waals surface area contributed by atoms with Crippen molar-refractivity contribution in [1.82, 2.24) is 0 Å². The third-order valence-electron chi connectivity index (χ3n) is 3.37. The number of carbonyl (C=O) groups excluding carboxylic acids is 1. The summed E-state index contributed by atoms with van der Waals surface area (Å²) in [6, 6.07) is 0. The quantitative estimate of drug-likeness (QED) is 0.628. The highest BCUT2D eigenvalue weighted by molar-refractivity contribution is 5.81. The van der Waals surface area contributed by atoms with Crippen LogP contribution in [-0.2, 0) is 9.53 Å². The van der Waals surface area contributed by atoms with Gasteiger partial charge in [0.15, 0.2) is 5.60 Å². The summed E-state index contributed by atoms with van der Waals surface area (Å²) in [6.07, 6.45) is -3.04. The number of hydrogen-bond acceptors (Lipinski definition) is 3. The van der Waals surface area contributed by atoms with Crippen LogP contribution in [0, 0.1) is 5.92 Å². The lowest BCUT2D eigenvalue weighted by atomic mass is 9.86. The molecule has 1 aliphatic carbocycles. The van der Waals surface area contributed by atoms with Crippen molar-refractivity contribution in [3.63, 3.8) is 0 Å². The van der Waals surface area contributed by atoms with Crippen molar-refractivity contribution >= 4 is 5.97 Å². The summed E-state index contributed by atoms with van der Waals surface area (Å²) in [5, 5.41) is 9.68. The van der Waals surface area contributed by atoms with Crippen LogP contribution in [0.4, 0.5) is 13.2 Å². The van der Waals surface area contributed by atoms with Gasteiger partial charge in [-0.2, -0.15) is 13.2 Å². The largest absolute Gasteiger partial charge is 0.455 e. The molecule has 104 valence electrons. The zero-order valence-electron chi connectivity index (χ0n) is 10.2. The first-order chi connectivity index (χ1) is 8.20. The molecule has 0 amide bonds. The zero-order valence-corrected chi connectivity index (χ0v) is 10.2. The van der Waals surface area contributed by atoms with Crippen molar-refractivity contribution in [2.45, 2.75) is 50.5 Å². The Labute approximate surface area is 104 Å². The van der Waals surface area contributed by atoms with Crippen molar-refractivity contribution in [1.29, 1.82) is 0 Å². The number of alkyl halides is 3. The van der Waals surface area contributed by atoms with E-state index in [1.165, 1.54) is 0 Å². The number of halogens is 3. The highest BCUT2D eigenvalue weighted by atomic mass is 19.4. The maximum atomic E-state index is 12.8.